The third-order valence-corrected chi connectivity index (χ3v) is 22.3. The lowest BCUT2D eigenvalue weighted by Gasteiger charge is -2.21. The van der Waals surface area contributed by atoms with E-state index in [0.29, 0.717) is 25.7 Å². The van der Waals surface area contributed by atoms with E-state index in [1.807, 2.05) is 0 Å². The van der Waals surface area contributed by atoms with Gasteiger partial charge in [-0.25, -0.2) is 9.13 Å². The number of hydrogen-bond acceptors (Lipinski definition) is 15. The summed E-state index contributed by atoms with van der Waals surface area (Å²) in [6, 6.07) is 0. The molecule has 0 fully saturated rings. The van der Waals surface area contributed by atoms with Crippen molar-refractivity contribution >= 4 is 39.5 Å². The van der Waals surface area contributed by atoms with Crippen LogP contribution in [0.15, 0.2) is 0 Å². The van der Waals surface area contributed by atoms with Crippen molar-refractivity contribution in [3.05, 3.63) is 0 Å². The minimum atomic E-state index is -4.96. The number of carbonyl (C=O) groups is 4. The summed E-state index contributed by atoms with van der Waals surface area (Å²) in [6.45, 7) is 7.41. The van der Waals surface area contributed by atoms with Crippen molar-refractivity contribution < 1.29 is 80.2 Å². The number of ether oxygens (including phenoxy) is 4. The van der Waals surface area contributed by atoms with Crippen LogP contribution in [0.2, 0.25) is 0 Å². The fourth-order valence-electron chi connectivity index (χ4n) is 13.3. The van der Waals surface area contributed by atoms with Crippen LogP contribution in [0.25, 0.3) is 0 Å². The zero-order valence-electron chi connectivity index (χ0n) is 68.2. The zero-order valence-corrected chi connectivity index (χ0v) is 70.0. The van der Waals surface area contributed by atoms with E-state index in [2.05, 4.69) is 34.6 Å². The van der Waals surface area contributed by atoms with Crippen LogP contribution in [-0.4, -0.2) is 96.7 Å². The smallest absolute Gasteiger partial charge is 0.462 e. The second-order valence-corrected chi connectivity index (χ2v) is 33.7. The van der Waals surface area contributed by atoms with E-state index in [9.17, 15) is 43.2 Å². The van der Waals surface area contributed by atoms with Crippen molar-refractivity contribution in [1.82, 2.24) is 0 Å². The molecule has 0 saturated carbocycles. The van der Waals surface area contributed by atoms with Crippen LogP contribution in [0, 0.1) is 5.92 Å². The van der Waals surface area contributed by atoms with E-state index < -0.39 is 97.5 Å². The van der Waals surface area contributed by atoms with Gasteiger partial charge in [0.2, 0.25) is 0 Å². The van der Waals surface area contributed by atoms with Crippen molar-refractivity contribution in [1.29, 1.82) is 0 Å². The molecule has 0 aromatic heterocycles. The van der Waals surface area contributed by atoms with Crippen LogP contribution in [0.5, 0.6) is 0 Å². The average molecular weight is 1520 g/mol. The summed E-state index contributed by atoms with van der Waals surface area (Å²) < 4.78 is 68.8. The molecule has 3 unspecified atom stereocenters. The van der Waals surface area contributed by atoms with Crippen LogP contribution in [0.1, 0.15) is 458 Å². The predicted molar refractivity (Wildman–Crippen MR) is 428 cm³/mol. The standard InChI is InChI=1S/C85H166O17P2/c1-6-10-13-16-19-22-25-27-29-30-31-32-33-34-36-42-46-51-56-61-66-71-85(90)102-81(75-96-83(88)69-64-59-54-49-44-40-38-37-39-43-47-52-57-62-67-78(5)9-4)77-100-104(93,94)98-73-79(86)72-97-103(91,92)99-76-80(74-95-82(87)68-63-58-53-48-24-21-18-15-12-8-3)101-84(89)70-65-60-55-50-45-41-35-28-26-23-20-17-14-11-7-2/h78-81,86H,6-77H2,1-5H3,(H,91,92)(H,93,94)/t78?,79-,80+,81+/m0/s1. The zero-order chi connectivity index (χ0) is 76.2. The second kappa shape index (κ2) is 77.8. The van der Waals surface area contributed by atoms with Gasteiger partial charge in [0.1, 0.15) is 19.3 Å². The monoisotopic (exact) mass is 1520 g/mol. The number of esters is 4. The van der Waals surface area contributed by atoms with Crippen LogP contribution in [0.3, 0.4) is 0 Å². The van der Waals surface area contributed by atoms with E-state index >= 15 is 0 Å². The average Bonchev–Trinajstić information content (AvgIpc) is 0.958. The minimum Gasteiger partial charge on any atom is -0.462 e. The molecule has 0 aliphatic carbocycles. The topological polar surface area (TPSA) is 237 Å². The van der Waals surface area contributed by atoms with Crippen molar-refractivity contribution in [3.8, 4) is 0 Å². The van der Waals surface area contributed by atoms with E-state index in [4.69, 9.17) is 37.0 Å². The summed E-state index contributed by atoms with van der Waals surface area (Å²) in [5.74, 6) is -1.25. The maximum Gasteiger partial charge on any atom is 0.472 e. The number of phosphoric ester groups is 2. The Kier molecular flexibility index (Phi) is 76.3. The van der Waals surface area contributed by atoms with Gasteiger partial charge in [-0.05, 0) is 31.6 Å². The van der Waals surface area contributed by atoms with Gasteiger partial charge in [-0.1, -0.05) is 407 Å². The molecule has 0 radical (unpaired) electrons. The molecule has 3 N–H and O–H groups in total. The Bertz CT molecular complexity index is 1980. The third kappa shape index (κ3) is 76.8. The Hall–Kier alpha value is -1.94. The molecule has 17 nitrogen and oxygen atoms in total. The first kappa shape index (κ1) is 102. The Morgan fingerprint density at radius 2 is 0.462 bits per heavy atom. The highest BCUT2D eigenvalue weighted by Gasteiger charge is 2.30. The number of unbranched alkanes of at least 4 members (excludes halogenated alkanes) is 56. The maximum atomic E-state index is 13.1. The lowest BCUT2D eigenvalue weighted by atomic mass is 9.99. The molecule has 0 rings (SSSR count). The number of aliphatic hydroxyl groups excluding tert-OH is 1. The summed E-state index contributed by atoms with van der Waals surface area (Å²) in [5, 5.41) is 10.7. The Morgan fingerprint density at radius 1 is 0.269 bits per heavy atom. The Balaban J connectivity index is 5.22. The van der Waals surface area contributed by atoms with Crippen molar-refractivity contribution in [2.75, 3.05) is 39.6 Å². The van der Waals surface area contributed by atoms with Crippen LogP contribution < -0.4 is 0 Å². The van der Waals surface area contributed by atoms with E-state index in [0.717, 1.165) is 95.8 Å². The number of aliphatic hydroxyl groups is 1. The molecule has 0 aromatic rings. The third-order valence-electron chi connectivity index (χ3n) is 20.4. The molecule has 0 aliphatic heterocycles. The number of hydrogen-bond donors (Lipinski definition) is 3. The van der Waals surface area contributed by atoms with Gasteiger partial charge in [-0.2, -0.15) is 0 Å². The molecule has 618 valence electrons. The van der Waals surface area contributed by atoms with Gasteiger partial charge in [0.05, 0.1) is 26.4 Å². The van der Waals surface area contributed by atoms with Crippen molar-refractivity contribution in [2.45, 2.75) is 477 Å². The fraction of sp³-hybridized carbons (Fsp3) is 0.953. The van der Waals surface area contributed by atoms with E-state index in [-0.39, 0.29) is 25.7 Å². The molecule has 0 heterocycles. The van der Waals surface area contributed by atoms with Gasteiger partial charge in [0, 0.05) is 25.7 Å². The fourth-order valence-corrected chi connectivity index (χ4v) is 14.8. The summed E-state index contributed by atoms with van der Waals surface area (Å²) in [5.41, 5.74) is 0. The molecule has 6 atom stereocenters. The van der Waals surface area contributed by atoms with E-state index in [1.54, 1.807) is 0 Å². The molecule has 19 heteroatoms. The largest absolute Gasteiger partial charge is 0.472 e. The molecular weight excluding hydrogens is 1350 g/mol. The molecular formula is C85H166O17P2. The molecule has 0 aromatic carbocycles. The lowest BCUT2D eigenvalue weighted by Crippen LogP contribution is -2.30. The number of carbonyl (C=O) groups excluding carboxylic acids is 4. The van der Waals surface area contributed by atoms with Crippen molar-refractivity contribution in [3.63, 3.8) is 0 Å². The summed E-state index contributed by atoms with van der Waals surface area (Å²) in [6.07, 6.45) is 70.7. The SMILES string of the molecule is CCCCCCCCCCCCCCCCCCCCCCCC(=O)O[C@H](COC(=O)CCCCCCCCCCCCCCCCC(C)CC)COP(=O)(O)OC[C@@H](O)COP(=O)(O)OC[C@@H](COC(=O)CCCCCCCCCCCC)OC(=O)CCCCCCCCCCCCCCCCC. The van der Waals surface area contributed by atoms with Gasteiger partial charge >= 0.3 is 39.5 Å². The van der Waals surface area contributed by atoms with Gasteiger partial charge in [0.15, 0.2) is 12.2 Å². The van der Waals surface area contributed by atoms with Gasteiger partial charge in [-0.15, -0.1) is 0 Å². The Labute approximate surface area is 638 Å². The normalized spacial score (nSPS) is 14.0. The molecule has 0 spiro atoms. The lowest BCUT2D eigenvalue weighted by molar-refractivity contribution is -0.161. The highest BCUT2D eigenvalue weighted by molar-refractivity contribution is 7.47. The van der Waals surface area contributed by atoms with E-state index in [1.165, 1.54) is 283 Å². The van der Waals surface area contributed by atoms with Gasteiger partial charge in [0.25, 0.3) is 0 Å². The number of rotatable bonds is 85. The maximum absolute atomic E-state index is 13.1. The highest BCUT2D eigenvalue weighted by atomic mass is 31.2. The molecule has 0 saturated heterocycles. The number of phosphoric acid groups is 2. The molecule has 104 heavy (non-hydrogen) atoms. The van der Waals surface area contributed by atoms with Crippen molar-refractivity contribution in [2.24, 2.45) is 5.92 Å². The molecule has 0 bridgehead atoms. The molecule has 0 aliphatic rings. The summed E-state index contributed by atoms with van der Waals surface area (Å²) in [7, 11) is -9.92. The second-order valence-electron chi connectivity index (χ2n) is 30.8. The van der Waals surface area contributed by atoms with Gasteiger partial charge in [-0.3, -0.25) is 37.3 Å². The Morgan fingerprint density at radius 3 is 0.683 bits per heavy atom. The molecule has 0 amide bonds. The van der Waals surface area contributed by atoms with Crippen LogP contribution in [0.4, 0.5) is 0 Å². The van der Waals surface area contributed by atoms with Crippen LogP contribution in [-0.2, 0) is 65.4 Å². The van der Waals surface area contributed by atoms with Gasteiger partial charge < -0.3 is 33.8 Å². The first-order chi connectivity index (χ1) is 50.6. The van der Waals surface area contributed by atoms with Crippen LogP contribution >= 0.6 is 15.6 Å². The first-order valence-corrected chi connectivity index (χ1v) is 47.2. The quantitative estimate of drug-likeness (QED) is 0.0222. The first-order valence-electron chi connectivity index (χ1n) is 44.2. The summed E-state index contributed by atoms with van der Waals surface area (Å²) >= 11 is 0. The highest BCUT2D eigenvalue weighted by Crippen LogP contribution is 2.45. The minimum absolute atomic E-state index is 0.109. The predicted octanol–water partition coefficient (Wildman–Crippen LogP) is 26.0. The summed E-state index contributed by atoms with van der Waals surface area (Å²) in [4.78, 5) is 73.2.